The molecule has 90 valence electrons. The average molecular weight is 234 g/mol. The number of carbonyl (C=O) groups is 1. The van der Waals surface area contributed by atoms with E-state index in [2.05, 4.69) is 10.4 Å². The van der Waals surface area contributed by atoms with E-state index in [0.29, 0.717) is 24.3 Å². The lowest BCUT2D eigenvalue weighted by molar-refractivity contribution is 0.0954. The van der Waals surface area contributed by atoms with Gasteiger partial charge in [-0.1, -0.05) is 0 Å². The molecule has 2 aromatic heterocycles. The molecule has 0 bridgehead atoms. The number of amides is 1. The van der Waals surface area contributed by atoms with E-state index in [4.69, 9.17) is 10.2 Å². The van der Waals surface area contributed by atoms with E-state index in [0.717, 1.165) is 5.76 Å². The second-order valence-electron chi connectivity index (χ2n) is 3.65. The summed E-state index contributed by atoms with van der Waals surface area (Å²) < 4.78 is 6.62. The van der Waals surface area contributed by atoms with Gasteiger partial charge in [-0.3, -0.25) is 9.48 Å². The van der Waals surface area contributed by atoms with Gasteiger partial charge in [0.15, 0.2) is 0 Å². The van der Waals surface area contributed by atoms with Gasteiger partial charge in [0.05, 0.1) is 12.5 Å². The molecule has 2 aromatic rings. The number of rotatable bonds is 4. The van der Waals surface area contributed by atoms with E-state index in [1.54, 1.807) is 13.3 Å². The maximum Gasteiger partial charge on any atom is 0.256 e. The van der Waals surface area contributed by atoms with Gasteiger partial charge in [0.25, 0.3) is 5.91 Å². The van der Waals surface area contributed by atoms with Crippen molar-refractivity contribution >= 4 is 11.7 Å². The van der Waals surface area contributed by atoms with Crippen LogP contribution in [0.5, 0.6) is 0 Å². The molecule has 0 saturated carbocycles. The molecule has 0 unspecified atom stereocenters. The second kappa shape index (κ2) is 4.73. The van der Waals surface area contributed by atoms with Crippen molar-refractivity contribution < 1.29 is 9.21 Å². The van der Waals surface area contributed by atoms with Gasteiger partial charge >= 0.3 is 0 Å². The zero-order chi connectivity index (χ0) is 12.3. The first-order valence-electron chi connectivity index (χ1n) is 5.26. The molecule has 17 heavy (non-hydrogen) atoms. The maximum absolute atomic E-state index is 11.7. The SMILES string of the molecule is Cn1ncc(C(=O)NCCc2ccco2)c1N. The van der Waals surface area contributed by atoms with Gasteiger partial charge in [-0.05, 0) is 12.1 Å². The molecule has 2 heterocycles. The van der Waals surface area contributed by atoms with E-state index < -0.39 is 0 Å². The minimum atomic E-state index is -0.220. The van der Waals surface area contributed by atoms with Crippen molar-refractivity contribution in [3.8, 4) is 0 Å². The van der Waals surface area contributed by atoms with Gasteiger partial charge in [0.1, 0.15) is 17.1 Å². The van der Waals surface area contributed by atoms with E-state index in [1.807, 2.05) is 12.1 Å². The number of nitrogens with zero attached hydrogens (tertiary/aromatic N) is 2. The van der Waals surface area contributed by atoms with Crippen molar-refractivity contribution in [3.05, 3.63) is 35.9 Å². The number of aromatic nitrogens is 2. The Bertz CT molecular complexity index is 502. The van der Waals surface area contributed by atoms with E-state index >= 15 is 0 Å². The number of anilines is 1. The predicted octanol–water partition coefficient (Wildman–Crippen LogP) is 0.568. The number of nitrogens with one attached hydrogen (secondary N) is 1. The normalized spacial score (nSPS) is 10.4. The molecule has 0 atom stereocenters. The minimum absolute atomic E-state index is 0.220. The van der Waals surface area contributed by atoms with E-state index in [-0.39, 0.29) is 5.91 Å². The Balaban J connectivity index is 1.87. The summed E-state index contributed by atoms with van der Waals surface area (Å²) in [7, 11) is 1.69. The number of hydrogen-bond acceptors (Lipinski definition) is 4. The molecule has 6 nitrogen and oxygen atoms in total. The summed E-state index contributed by atoms with van der Waals surface area (Å²) in [5.74, 6) is 0.979. The Labute approximate surface area is 98.4 Å². The Morgan fingerprint density at radius 2 is 2.47 bits per heavy atom. The zero-order valence-electron chi connectivity index (χ0n) is 9.51. The summed E-state index contributed by atoms with van der Waals surface area (Å²) in [4.78, 5) is 11.7. The Morgan fingerprint density at radius 3 is 3.06 bits per heavy atom. The van der Waals surface area contributed by atoms with Gasteiger partial charge in [-0.2, -0.15) is 5.10 Å². The summed E-state index contributed by atoms with van der Waals surface area (Å²) in [6, 6.07) is 3.68. The van der Waals surface area contributed by atoms with Crippen LogP contribution in [-0.2, 0) is 13.5 Å². The molecule has 0 saturated heterocycles. The zero-order valence-corrected chi connectivity index (χ0v) is 9.51. The van der Waals surface area contributed by atoms with Crippen molar-refractivity contribution in [1.82, 2.24) is 15.1 Å². The van der Waals surface area contributed by atoms with E-state index in [9.17, 15) is 4.79 Å². The van der Waals surface area contributed by atoms with Crippen LogP contribution < -0.4 is 11.1 Å². The van der Waals surface area contributed by atoms with Crippen LogP contribution in [0.15, 0.2) is 29.0 Å². The Hall–Kier alpha value is -2.24. The van der Waals surface area contributed by atoms with Gasteiger partial charge in [0, 0.05) is 20.0 Å². The fraction of sp³-hybridized carbons (Fsp3) is 0.273. The van der Waals surface area contributed by atoms with Crippen molar-refractivity contribution in [1.29, 1.82) is 0 Å². The molecule has 0 aliphatic rings. The van der Waals surface area contributed by atoms with Crippen LogP contribution in [0.1, 0.15) is 16.1 Å². The molecule has 0 aliphatic heterocycles. The highest BCUT2D eigenvalue weighted by molar-refractivity contribution is 5.98. The largest absolute Gasteiger partial charge is 0.469 e. The highest BCUT2D eigenvalue weighted by atomic mass is 16.3. The van der Waals surface area contributed by atoms with Crippen LogP contribution in [0.25, 0.3) is 0 Å². The van der Waals surface area contributed by atoms with E-state index in [1.165, 1.54) is 10.9 Å². The average Bonchev–Trinajstić information content (AvgIpc) is 2.91. The number of furan rings is 1. The van der Waals surface area contributed by atoms with Gasteiger partial charge in [-0.25, -0.2) is 0 Å². The molecule has 2 rings (SSSR count). The first-order chi connectivity index (χ1) is 8.18. The van der Waals surface area contributed by atoms with Crippen molar-refractivity contribution in [2.24, 2.45) is 7.05 Å². The topological polar surface area (TPSA) is 86.1 Å². The number of carbonyl (C=O) groups excluding carboxylic acids is 1. The van der Waals surface area contributed by atoms with Crippen LogP contribution >= 0.6 is 0 Å². The molecular formula is C11H14N4O2. The summed E-state index contributed by atoms with van der Waals surface area (Å²) in [6.07, 6.45) is 3.72. The fourth-order valence-electron chi connectivity index (χ4n) is 1.47. The number of hydrogen-bond donors (Lipinski definition) is 2. The molecule has 1 amide bonds. The van der Waals surface area contributed by atoms with Crippen LogP contribution in [0.2, 0.25) is 0 Å². The molecule has 6 heteroatoms. The highest BCUT2D eigenvalue weighted by Gasteiger charge is 2.12. The quantitative estimate of drug-likeness (QED) is 0.809. The molecule has 0 aromatic carbocycles. The molecule has 0 spiro atoms. The van der Waals surface area contributed by atoms with Crippen LogP contribution in [0.4, 0.5) is 5.82 Å². The summed E-state index contributed by atoms with van der Waals surface area (Å²) in [5.41, 5.74) is 6.09. The third kappa shape index (κ3) is 2.47. The number of nitrogens with two attached hydrogens (primary N) is 1. The Kier molecular flexibility index (Phi) is 3.13. The van der Waals surface area contributed by atoms with Crippen LogP contribution in [-0.4, -0.2) is 22.2 Å². The van der Waals surface area contributed by atoms with Crippen LogP contribution in [0.3, 0.4) is 0 Å². The first kappa shape index (κ1) is 11.3. The highest BCUT2D eigenvalue weighted by Crippen LogP contribution is 2.08. The summed E-state index contributed by atoms with van der Waals surface area (Å²) >= 11 is 0. The van der Waals surface area contributed by atoms with Crippen molar-refractivity contribution in [3.63, 3.8) is 0 Å². The second-order valence-corrected chi connectivity index (χ2v) is 3.65. The lowest BCUT2D eigenvalue weighted by Gasteiger charge is -2.03. The number of aryl methyl sites for hydroxylation is 1. The lowest BCUT2D eigenvalue weighted by atomic mass is 10.3. The van der Waals surface area contributed by atoms with Crippen molar-refractivity contribution in [2.75, 3.05) is 12.3 Å². The summed E-state index contributed by atoms with van der Waals surface area (Å²) in [5, 5.41) is 6.67. The molecule has 0 fully saturated rings. The number of nitrogen functional groups attached to an aromatic ring is 1. The molecule has 0 radical (unpaired) electrons. The molecule has 3 N–H and O–H groups in total. The van der Waals surface area contributed by atoms with Gasteiger partial charge in [-0.15, -0.1) is 0 Å². The maximum atomic E-state index is 11.7. The van der Waals surface area contributed by atoms with Crippen LogP contribution in [0, 0.1) is 0 Å². The summed E-state index contributed by atoms with van der Waals surface area (Å²) in [6.45, 7) is 0.501. The monoisotopic (exact) mass is 234 g/mol. The van der Waals surface area contributed by atoms with Crippen molar-refractivity contribution in [2.45, 2.75) is 6.42 Å². The van der Waals surface area contributed by atoms with Gasteiger partial charge < -0.3 is 15.5 Å². The predicted molar refractivity (Wildman–Crippen MR) is 62.4 cm³/mol. The first-order valence-corrected chi connectivity index (χ1v) is 5.26. The standard InChI is InChI=1S/C11H14N4O2/c1-15-10(12)9(7-14-15)11(16)13-5-4-8-3-2-6-17-8/h2-3,6-7H,4-5,12H2,1H3,(H,13,16). The third-order valence-corrected chi connectivity index (χ3v) is 2.47. The lowest BCUT2D eigenvalue weighted by Crippen LogP contribution is -2.26. The Morgan fingerprint density at radius 1 is 1.65 bits per heavy atom. The smallest absolute Gasteiger partial charge is 0.256 e. The fourth-order valence-corrected chi connectivity index (χ4v) is 1.47. The molecular weight excluding hydrogens is 220 g/mol. The third-order valence-electron chi connectivity index (χ3n) is 2.47. The van der Waals surface area contributed by atoms with Gasteiger partial charge in [0.2, 0.25) is 0 Å². The minimum Gasteiger partial charge on any atom is -0.469 e. The molecule has 0 aliphatic carbocycles.